The molecule has 2 atom stereocenters. The highest BCUT2D eigenvalue weighted by molar-refractivity contribution is 7.16. The molecule has 0 radical (unpaired) electrons. The number of fused-ring (bicyclic) bond motifs is 1. The summed E-state index contributed by atoms with van der Waals surface area (Å²) >= 11 is 1.58. The van der Waals surface area contributed by atoms with Gasteiger partial charge in [-0.05, 0) is 43.0 Å². The van der Waals surface area contributed by atoms with Gasteiger partial charge >= 0.3 is 0 Å². The number of carbonyl (C=O) groups excluding carboxylic acids is 1. The summed E-state index contributed by atoms with van der Waals surface area (Å²) in [4.78, 5) is 21.0. The maximum absolute atomic E-state index is 12.2. The van der Waals surface area contributed by atoms with Gasteiger partial charge in [0.25, 0.3) is 5.91 Å². The summed E-state index contributed by atoms with van der Waals surface area (Å²) in [6.45, 7) is 0. The van der Waals surface area contributed by atoms with E-state index in [2.05, 4.69) is 20.6 Å². The third kappa shape index (κ3) is 3.72. The van der Waals surface area contributed by atoms with Crippen molar-refractivity contribution in [3.05, 3.63) is 35.0 Å². The number of hydrogen-bond acceptors (Lipinski definition) is 5. The first-order valence-electron chi connectivity index (χ1n) is 8.56. The number of aliphatic hydroxyl groups is 1. The Morgan fingerprint density at radius 3 is 3.08 bits per heavy atom. The first kappa shape index (κ1) is 16.2. The quantitative estimate of drug-likeness (QED) is 0.570. The topological polar surface area (TPSA) is 86.6 Å². The van der Waals surface area contributed by atoms with Gasteiger partial charge in [0.2, 0.25) is 5.96 Å². The summed E-state index contributed by atoms with van der Waals surface area (Å²) < 4.78 is 1.09. The minimum atomic E-state index is -0.296. The number of rotatable bonds is 2. The van der Waals surface area contributed by atoms with Crippen LogP contribution in [0.25, 0.3) is 16.3 Å². The zero-order valence-electron chi connectivity index (χ0n) is 13.7. The third-order valence-electron chi connectivity index (χ3n) is 4.58. The Labute approximate surface area is 149 Å². The number of nitrogens with zero attached hydrogens (tertiary/aromatic N) is 2. The van der Waals surface area contributed by atoms with E-state index in [1.54, 1.807) is 11.3 Å². The number of guanidine groups is 1. The lowest BCUT2D eigenvalue weighted by Crippen LogP contribution is -2.28. The van der Waals surface area contributed by atoms with E-state index in [1.165, 1.54) is 0 Å². The summed E-state index contributed by atoms with van der Waals surface area (Å²) in [7, 11) is 0. The highest BCUT2D eigenvalue weighted by Gasteiger charge is 2.24. The van der Waals surface area contributed by atoms with Crippen molar-refractivity contribution < 1.29 is 9.90 Å². The van der Waals surface area contributed by atoms with E-state index in [9.17, 15) is 9.90 Å². The molecule has 2 fully saturated rings. The van der Waals surface area contributed by atoms with Crippen LogP contribution in [-0.4, -0.2) is 34.1 Å². The molecular formula is C18H20N4O2S. The lowest BCUT2D eigenvalue weighted by Gasteiger charge is -2.12. The Kier molecular flexibility index (Phi) is 4.50. The van der Waals surface area contributed by atoms with Crippen LogP contribution in [0.5, 0.6) is 0 Å². The van der Waals surface area contributed by atoms with Crippen LogP contribution in [0.2, 0.25) is 0 Å². The van der Waals surface area contributed by atoms with Crippen molar-refractivity contribution in [2.45, 2.75) is 44.2 Å². The molecule has 1 saturated heterocycles. The van der Waals surface area contributed by atoms with Gasteiger partial charge in [0, 0.05) is 0 Å². The lowest BCUT2D eigenvalue weighted by atomic mass is 10.1. The molecule has 1 amide bonds. The number of thiazole rings is 1. The third-order valence-corrected chi connectivity index (χ3v) is 5.37. The second-order valence-electron chi connectivity index (χ2n) is 6.52. The number of nitrogens with one attached hydrogen (secondary N) is 2. The number of hydrogen-bond donors (Lipinski definition) is 3. The number of aliphatic imine (C=N–C) groups is 1. The van der Waals surface area contributed by atoms with Gasteiger partial charge in [-0.1, -0.05) is 18.9 Å². The van der Waals surface area contributed by atoms with Crippen LogP contribution in [0.15, 0.2) is 34.4 Å². The van der Waals surface area contributed by atoms with E-state index in [1.807, 2.05) is 29.8 Å². The number of carbonyl (C=O) groups is 1. The number of aromatic nitrogens is 1. The van der Waals surface area contributed by atoms with Gasteiger partial charge in [0.05, 0.1) is 27.9 Å². The van der Waals surface area contributed by atoms with Crippen molar-refractivity contribution in [3.8, 4) is 0 Å². The molecule has 25 heavy (non-hydrogen) atoms. The summed E-state index contributed by atoms with van der Waals surface area (Å²) in [5.41, 5.74) is 4.20. The van der Waals surface area contributed by atoms with Gasteiger partial charge in [0.15, 0.2) is 0 Å². The molecule has 1 aromatic heterocycles. The molecule has 2 aliphatic rings. The molecule has 1 saturated carbocycles. The van der Waals surface area contributed by atoms with E-state index in [0.29, 0.717) is 18.1 Å². The van der Waals surface area contributed by atoms with Crippen LogP contribution in [0.3, 0.4) is 0 Å². The fourth-order valence-electron chi connectivity index (χ4n) is 3.29. The SMILES string of the molecule is O=C1NC(=N[C@H]2CCCC[C@H](O)C2)N/C1=C\c1ccc2ncsc2c1. The zero-order valence-corrected chi connectivity index (χ0v) is 14.6. The molecule has 3 N–H and O–H groups in total. The minimum absolute atomic E-state index is 0.0493. The fourth-order valence-corrected chi connectivity index (χ4v) is 4.02. The van der Waals surface area contributed by atoms with Crippen molar-refractivity contribution in [3.63, 3.8) is 0 Å². The molecule has 2 heterocycles. The molecule has 1 aliphatic heterocycles. The molecule has 2 aromatic rings. The van der Waals surface area contributed by atoms with Crippen molar-refractivity contribution in [1.82, 2.24) is 15.6 Å². The van der Waals surface area contributed by atoms with E-state index in [-0.39, 0.29) is 18.1 Å². The Hall–Kier alpha value is -2.25. The predicted molar refractivity (Wildman–Crippen MR) is 99.2 cm³/mol. The van der Waals surface area contributed by atoms with E-state index >= 15 is 0 Å². The number of aliphatic hydroxyl groups excluding tert-OH is 1. The molecule has 0 unspecified atom stereocenters. The van der Waals surface area contributed by atoms with Crippen LogP contribution < -0.4 is 10.6 Å². The first-order valence-corrected chi connectivity index (χ1v) is 9.44. The Morgan fingerprint density at radius 1 is 1.28 bits per heavy atom. The standard InChI is InChI=1S/C18H20N4O2S/c23-13-4-2-1-3-12(9-13)20-18-21-15(17(24)22-18)7-11-5-6-14-16(8-11)25-10-19-14/h5-8,10,12-13,23H,1-4,9H2,(H2,20,21,22,24)/b15-7-/t12-,13-/m0/s1. The zero-order chi connectivity index (χ0) is 17.2. The molecule has 0 spiro atoms. The van der Waals surface area contributed by atoms with E-state index in [0.717, 1.165) is 41.5 Å². The maximum atomic E-state index is 12.2. The molecule has 1 aromatic carbocycles. The summed E-state index contributed by atoms with van der Waals surface area (Å²) in [6.07, 6.45) is 6.06. The van der Waals surface area contributed by atoms with Gasteiger partial charge in [-0.2, -0.15) is 0 Å². The summed E-state index contributed by atoms with van der Waals surface area (Å²) in [6, 6.07) is 5.97. The Balaban J connectivity index is 1.52. The van der Waals surface area contributed by atoms with Gasteiger partial charge in [-0.3, -0.25) is 10.1 Å². The average molecular weight is 356 g/mol. The van der Waals surface area contributed by atoms with Gasteiger partial charge < -0.3 is 10.4 Å². The van der Waals surface area contributed by atoms with E-state index in [4.69, 9.17) is 0 Å². The van der Waals surface area contributed by atoms with Crippen LogP contribution in [0.4, 0.5) is 0 Å². The first-order chi connectivity index (χ1) is 12.2. The van der Waals surface area contributed by atoms with Crippen molar-refractivity contribution in [2.24, 2.45) is 4.99 Å². The monoisotopic (exact) mass is 356 g/mol. The van der Waals surface area contributed by atoms with E-state index < -0.39 is 0 Å². The van der Waals surface area contributed by atoms with Crippen molar-refractivity contribution >= 4 is 39.5 Å². The van der Waals surface area contributed by atoms with Crippen LogP contribution >= 0.6 is 11.3 Å². The molecule has 0 bridgehead atoms. The molecule has 1 aliphatic carbocycles. The second kappa shape index (κ2) is 6.93. The second-order valence-corrected chi connectivity index (χ2v) is 7.41. The van der Waals surface area contributed by atoms with Gasteiger partial charge in [-0.25, -0.2) is 9.98 Å². The number of amides is 1. The average Bonchev–Trinajstić information content (AvgIpc) is 3.11. The minimum Gasteiger partial charge on any atom is -0.393 e. The van der Waals surface area contributed by atoms with Crippen LogP contribution in [0, 0.1) is 0 Å². The molecule has 6 nitrogen and oxygen atoms in total. The molecule has 130 valence electrons. The van der Waals surface area contributed by atoms with Crippen molar-refractivity contribution in [2.75, 3.05) is 0 Å². The molecule has 4 rings (SSSR count). The van der Waals surface area contributed by atoms with Crippen LogP contribution in [-0.2, 0) is 4.79 Å². The predicted octanol–water partition coefficient (Wildman–Crippen LogP) is 2.41. The number of benzene rings is 1. The summed E-state index contributed by atoms with van der Waals surface area (Å²) in [5.74, 6) is 0.298. The Bertz CT molecular complexity index is 858. The highest BCUT2D eigenvalue weighted by atomic mass is 32.1. The highest BCUT2D eigenvalue weighted by Crippen LogP contribution is 2.22. The summed E-state index contributed by atoms with van der Waals surface area (Å²) in [5, 5.41) is 15.8. The molecular weight excluding hydrogens is 336 g/mol. The molecule has 7 heteroatoms. The lowest BCUT2D eigenvalue weighted by molar-refractivity contribution is -0.115. The van der Waals surface area contributed by atoms with Crippen LogP contribution in [0.1, 0.15) is 37.7 Å². The normalized spacial score (nSPS) is 27.5. The van der Waals surface area contributed by atoms with Gasteiger partial charge in [-0.15, -0.1) is 11.3 Å². The fraction of sp³-hybridized carbons (Fsp3) is 0.389. The van der Waals surface area contributed by atoms with Crippen molar-refractivity contribution in [1.29, 1.82) is 0 Å². The Morgan fingerprint density at radius 2 is 2.16 bits per heavy atom. The largest absolute Gasteiger partial charge is 0.393 e. The smallest absolute Gasteiger partial charge is 0.274 e. The van der Waals surface area contributed by atoms with Gasteiger partial charge in [0.1, 0.15) is 5.70 Å². The maximum Gasteiger partial charge on any atom is 0.274 e.